The van der Waals surface area contributed by atoms with E-state index in [1.165, 1.54) is 31.2 Å². The smallest absolute Gasteiger partial charge is 0.122 e. The Morgan fingerprint density at radius 2 is 2.06 bits per heavy atom. The number of benzene rings is 1. The van der Waals surface area contributed by atoms with Gasteiger partial charge in [-0.15, -0.1) is 0 Å². The van der Waals surface area contributed by atoms with Crippen molar-refractivity contribution in [1.82, 2.24) is 0 Å². The zero-order chi connectivity index (χ0) is 13.0. The summed E-state index contributed by atoms with van der Waals surface area (Å²) in [7, 11) is 1.71. The maximum Gasteiger partial charge on any atom is 0.122 e. The largest absolute Gasteiger partial charge is 0.496 e. The molecule has 1 aliphatic carbocycles. The standard InChI is InChI=1S/C15H22ClNO/c1-18-15-8-7-13(16)10-12(15)9-11-5-3-2-4-6-14(11)17/h7-8,10-11,14H,2-6,9,17H2,1H3. The van der Waals surface area contributed by atoms with Crippen molar-refractivity contribution in [3.8, 4) is 5.75 Å². The molecule has 0 aliphatic heterocycles. The molecule has 1 aromatic rings. The fourth-order valence-electron chi connectivity index (χ4n) is 2.86. The second kappa shape index (κ2) is 6.44. The van der Waals surface area contributed by atoms with Gasteiger partial charge in [0.1, 0.15) is 5.75 Å². The van der Waals surface area contributed by atoms with E-state index in [2.05, 4.69) is 0 Å². The van der Waals surface area contributed by atoms with Crippen LogP contribution in [-0.4, -0.2) is 13.2 Å². The summed E-state index contributed by atoms with van der Waals surface area (Å²) in [6, 6.07) is 6.14. The van der Waals surface area contributed by atoms with Crippen molar-refractivity contribution in [2.45, 2.75) is 44.6 Å². The quantitative estimate of drug-likeness (QED) is 0.846. The molecule has 0 saturated heterocycles. The molecule has 2 atom stereocenters. The number of hydrogen-bond acceptors (Lipinski definition) is 2. The summed E-state index contributed by atoms with van der Waals surface area (Å²) in [5, 5.41) is 0.771. The zero-order valence-electron chi connectivity index (χ0n) is 11.0. The lowest BCUT2D eigenvalue weighted by atomic mass is 9.88. The Morgan fingerprint density at radius 3 is 2.83 bits per heavy atom. The number of ether oxygens (including phenoxy) is 1. The molecule has 1 saturated carbocycles. The van der Waals surface area contributed by atoms with E-state index in [0.29, 0.717) is 12.0 Å². The number of hydrogen-bond donors (Lipinski definition) is 1. The predicted molar refractivity (Wildman–Crippen MR) is 76.3 cm³/mol. The van der Waals surface area contributed by atoms with Crippen LogP contribution in [0.1, 0.15) is 37.7 Å². The highest BCUT2D eigenvalue weighted by molar-refractivity contribution is 6.30. The van der Waals surface area contributed by atoms with Crippen LogP contribution in [0.25, 0.3) is 0 Å². The summed E-state index contributed by atoms with van der Waals surface area (Å²) in [4.78, 5) is 0. The molecule has 0 heterocycles. The van der Waals surface area contributed by atoms with Crippen LogP contribution in [0, 0.1) is 5.92 Å². The first kappa shape index (κ1) is 13.7. The Balaban J connectivity index is 2.13. The van der Waals surface area contributed by atoms with Gasteiger partial charge < -0.3 is 10.5 Å². The molecule has 1 aliphatic rings. The van der Waals surface area contributed by atoms with Gasteiger partial charge in [-0.25, -0.2) is 0 Å². The first-order valence-electron chi connectivity index (χ1n) is 6.78. The number of nitrogens with two attached hydrogens (primary N) is 1. The van der Waals surface area contributed by atoms with Gasteiger partial charge >= 0.3 is 0 Å². The van der Waals surface area contributed by atoms with Crippen LogP contribution in [0.5, 0.6) is 5.75 Å². The van der Waals surface area contributed by atoms with Crippen molar-refractivity contribution in [3.63, 3.8) is 0 Å². The van der Waals surface area contributed by atoms with E-state index >= 15 is 0 Å². The molecule has 1 aromatic carbocycles. The van der Waals surface area contributed by atoms with Crippen LogP contribution < -0.4 is 10.5 Å². The minimum absolute atomic E-state index is 0.316. The van der Waals surface area contributed by atoms with E-state index in [0.717, 1.165) is 23.6 Å². The second-order valence-electron chi connectivity index (χ2n) is 5.22. The van der Waals surface area contributed by atoms with Crippen molar-refractivity contribution in [2.75, 3.05) is 7.11 Å². The minimum Gasteiger partial charge on any atom is -0.496 e. The monoisotopic (exact) mass is 267 g/mol. The van der Waals surface area contributed by atoms with Crippen LogP contribution >= 0.6 is 11.6 Å². The van der Waals surface area contributed by atoms with Crippen molar-refractivity contribution >= 4 is 11.6 Å². The molecule has 0 bridgehead atoms. The van der Waals surface area contributed by atoms with Crippen molar-refractivity contribution in [1.29, 1.82) is 0 Å². The van der Waals surface area contributed by atoms with Gasteiger partial charge in [-0.05, 0) is 48.9 Å². The Hall–Kier alpha value is -0.730. The third kappa shape index (κ3) is 3.39. The first-order chi connectivity index (χ1) is 8.70. The normalized spacial score (nSPS) is 24.6. The van der Waals surface area contributed by atoms with Gasteiger partial charge in [0.15, 0.2) is 0 Å². The fourth-order valence-corrected chi connectivity index (χ4v) is 3.05. The number of halogens is 1. The topological polar surface area (TPSA) is 35.2 Å². The summed E-state index contributed by atoms with van der Waals surface area (Å²) in [5.74, 6) is 1.48. The average Bonchev–Trinajstić information content (AvgIpc) is 2.55. The molecule has 0 amide bonds. The SMILES string of the molecule is COc1ccc(Cl)cc1CC1CCCCCC1N. The van der Waals surface area contributed by atoms with Gasteiger partial charge in [0.2, 0.25) is 0 Å². The maximum atomic E-state index is 6.28. The third-order valence-electron chi connectivity index (χ3n) is 3.94. The van der Waals surface area contributed by atoms with Crippen LogP contribution in [0.15, 0.2) is 18.2 Å². The summed E-state index contributed by atoms with van der Waals surface area (Å²) in [5.41, 5.74) is 7.47. The molecule has 18 heavy (non-hydrogen) atoms. The second-order valence-corrected chi connectivity index (χ2v) is 5.66. The number of rotatable bonds is 3. The van der Waals surface area contributed by atoms with Crippen molar-refractivity contribution in [3.05, 3.63) is 28.8 Å². The Bertz CT molecular complexity index is 394. The van der Waals surface area contributed by atoms with Gasteiger partial charge in [0, 0.05) is 11.1 Å². The van der Waals surface area contributed by atoms with E-state index in [9.17, 15) is 0 Å². The van der Waals surface area contributed by atoms with Crippen LogP contribution in [0.4, 0.5) is 0 Å². The predicted octanol–water partition coefficient (Wildman–Crippen LogP) is 3.80. The highest BCUT2D eigenvalue weighted by atomic mass is 35.5. The summed E-state index contributed by atoms with van der Waals surface area (Å²) in [6.07, 6.45) is 7.22. The molecule has 2 unspecified atom stereocenters. The van der Waals surface area contributed by atoms with Gasteiger partial charge in [0.05, 0.1) is 7.11 Å². The van der Waals surface area contributed by atoms with E-state index < -0.39 is 0 Å². The Kier molecular flexibility index (Phi) is 4.90. The van der Waals surface area contributed by atoms with Gasteiger partial charge in [-0.1, -0.05) is 30.9 Å². The van der Waals surface area contributed by atoms with Gasteiger partial charge in [-0.3, -0.25) is 0 Å². The van der Waals surface area contributed by atoms with E-state index in [4.69, 9.17) is 22.1 Å². The summed E-state index contributed by atoms with van der Waals surface area (Å²) in [6.45, 7) is 0. The van der Waals surface area contributed by atoms with Gasteiger partial charge in [0.25, 0.3) is 0 Å². The molecule has 3 heteroatoms. The Labute approximate surface area is 114 Å². The lowest BCUT2D eigenvalue weighted by Gasteiger charge is -2.22. The summed E-state index contributed by atoms with van der Waals surface area (Å²) < 4.78 is 5.41. The van der Waals surface area contributed by atoms with Crippen molar-refractivity contribution in [2.24, 2.45) is 11.7 Å². The molecular weight excluding hydrogens is 246 g/mol. The lowest BCUT2D eigenvalue weighted by Crippen LogP contribution is -2.30. The molecule has 100 valence electrons. The highest BCUT2D eigenvalue weighted by Gasteiger charge is 2.22. The van der Waals surface area contributed by atoms with E-state index in [1.54, 1.807) is 7.11 Å². The highest BCUT2D eigenvalue weighted by Crippen LogP contribution is 2.30. The average molecular weight is 268 g/mol. The molecule has 2 nitrogen and oxygen atoms in total. The van der Waals surface area contributed by atoms with Crippen LogP contribution in [-0.2, 0) is 6.42 Å². The number of methoxy groups -OCH3 is 1. The van der Waals surface area contributed by atoms with E-state index in [-0.39, 0.29) is 0 Å². The maximum absolute atomic E-state index is 6.28. The first-order valence-corrected chi connectivity index (χ1v) is 7.16. The van der Waals surface area contributed by atoms with Crippen LogP contribution in [0.2, 0.25) is 5.02 Å². The lowest BCUT2D eigenvalue weighted by molar-refractivity contribution is 0.375. The molecule has 0 spiro atoms. The zero-order valence-corrected chi connectivity index (χ0v) is 11.7. The molecule has 0 radical (unpaired) electrons. The third-order valence-corrected chi connectivity index (χ3v) is 4.18. The molecule has 1 fully saturated rings. The van der Waals surface area contributed by atoms with Gasteiger partial charge in [-0.2, -0.15) is 0 Å². The molecule has 2 rings (SSSR count). The molecular formula is C15H22ClNO. The van der Waals surface area contributed by atoms with Crippen molar-refractivity contribution < 1.29 is 4.74 Å². The van der Waals surface area contributed by atoms with Crippen LogP contribution in [0.3, 0.4) is 0 Å². The Morgan fingerprint density at radius 1 is 1.28 bits per heavy atom. The summed E-state index contributed by atoms with van der Waals surface area (Å²) >= 11 is 6.07. The molecule has 0 aromatic heterocycles. The molecule has 2 N–H and O–H groups in total. The van der Waals surface area contributed by atoms with E-state index in [1.807, 2.05) is 18.2 Å². The fraction of sp³-hybridized carbons (Fsp3) is 0.600. The minimum atomic E-state index is 0.316.